The van der Waals surface area contributed by atoms with E-state index in [1.54, 1.807) is 65.8 Å². The Morgan fingerprint density at radius 2 is 1.60 bits per heavy atom. The zero-order valence-corrected chi connectivity index (χ0v) is 30.0. The number of hydrogen-bond donors (Lipinski definition) is 2. The van der Waals surface area contributed by atoms with Gasteiger partial charge in [-0.15, -0.1) is 22.0 Å². The SMILES string of the molecule is CC(C)(C)OC(=O)N[C@H]1CSc2ccc(-c3nnc(C4(NC(=O)OC(C)(C)C)CCCC4)o3)cc2N(Cc2ccc(OC(C)(F)F)cc2)C1=O. The van der Waals surface area contributed by atoms with Crippen molar-refractivity contribution in [3.8, 4) is 17.2 Å². The number of nitrogens with one attached hydrogen (secondary N) is 2. The third-order valence-corrected chi connectivity index (χ3v) is 8.91. The van der Waals surface area contributed by atoms with E-state index in [4.69, 9.17) is 13.9 Å². The molecule has 2 aromatic carbocycles. The first-order chi connectivity index (χ1) is 23.3. The number of rotatable bonds is 8. The summed E-state index contributed by atoms with van der Waals surface area (Å²) >= 11 is 1.38. The number of alkyl carbamates (subject to hydrolysis) is 2. The van der Waals surface area contributed by atoms with Gasteiger partial charge in [-0.1, -0.05) is 25.0 Å². The average molecular weight is 716 g/mol. The second-order valence-corrected chi connectivity index (χ2v) is 15.6. The predicted molar refractivity (Wildman–Crippen MR) is 182 cm³/mol. The summed E-state index contributed by atoms with van der Waals surface area (Å²) in [5.41, 5.74) is -0.665. The fourth-order valence-electron chi connectivity index (χ4n) is 5.71. The number of benzene rings is 2. The number of halogens is 2. The van der Waals surface area contributed by atoms with E-state index in [0.29, 0.717) is 36.6 Å². The van der Waals surface area contributed by atoms with Crippen LogP contribution in [0.3, 0.4) is 0 Å². The molecule has 1 aromatic heterocycles. The molecule has 12 nitrogen and oxygen atoms in total. The number of fused-ring (bicyclic) bond motifs is 1. The number of ether oxygens (including phenoxy) is 3. The van der Waals surface area contributed by atoms with Crippen molar-refractivity contribution in [3.05, 3.63) is 53.9 Å². The predicted octanol–water partition coefficient (Wildman–Crippen LogP) is 7.55. The molecule has 0 spiro atoms. The average Bonchev–Trinajstić information content (AvgIpc) is 3.65. The van der Waals surface area contributed by atoms with Crippen LogP contribution < -0.4 is 20.3 Å². The minimum Gasteiger partial charge on any atom is -0.444 e. The van der Waals surface area contributed by atoms with Gasteiger partial charge >= 0.3 is 18.3 Å². The molecule has 15 heteroatoms. The van der Waals surface area contributed by atoms with Crippen LogP contribution in [0.4, 0.5) is 24.1 Å². The molecule has 3 amide bonds. The van der Waals surface area contributed by atoms with E-state index in [2.05, 4.69) is 25.6 Å². The summed E-state index contributed by atoms with van der Waals surface area (Å²) in [4.78, 5) is 41.9. The summed E-state index contributed by atoms with van der Waals surface area (Å²) in [7, 11) is 0. The van der Waals surface area contributed by atoms with E-state index < -0.39 is 47.0 Å². The van der Waals surface area contributed by atoms with Crippen LogP contribution in [0, 0.1) is 0 Å². The zero-order valence-electron chi connectivity index (χ0n) is 29.2. The first kappa shape index (κ1) is 36.9. The molecule has 1 aliphatic carbocycles. The minimum absolute atomic E-state index is 0.0282. The van der Waals surface area contributed by atoms with E-state index in [1.807, 2.05) is 6.07 Å². The zero-order chi connectivity index (χ0) is 36.5. The molecule has 50 heavy (non-hydrogen) atoms. The number of hydrogen-bond acceptors (Lipinski definition) is 10. The Bertz CT molecular complexity index is 1710. The smallest absolute Gasteiger partial charge is 0.408 e. The highest BCUT2D eigenvalue weighted by Gasteiger charge is 2.43. The van der Waals surface area contributed by atoms with Gasteiger partial charge in [0.25, 0.3) is 5.91 Å². The first-order valence-corrected chi connectivity index (χ1v) is 17.4. The van der Waals surface area contributed by atoms with Crippen LogP contribution in [-0.2, 0) is 26.4 Å². The molecule has 1 fully saturated rings. The fourth-order valence-corrected chi connectivity index (χ4v) is 6.76. The van der Waals surface area contributed by atoms with Gasteiger partial charge in [0.2, 0.25) is 11.8 Å². The molecule has 0 saturated heterocycles. The lowest BCUT2D eigenvalue weighted by atomic mass is 9.98. The lowest BCUT2D eigenvalue weighted by Crippen LogP contribution is -2.50. The van der Waals surface area contributed by atoms with E-state index in [0.717, 1.165) is 17.7 Å². The molecule has 1 aliphatic heterocycles. The molecular formula is C35H43F2N5O7S. The maximum atomic E-state index is 14.2. The van der Waals surface area contributed by atoms with Crippen molar-refractivity contribution < 1.29 is 41.8 Å². The Kier molecular flexibility index (Phi) is 10.4. The van der Waals surface area contributed by atoms with Crippen molar-refractivity contribution in [3.63, 3.8) is 0 Å². The van der Waals surface area contributed by atoms with Crippen LogP contribution in [-0.4, -0.2) is 57.4 Å². The highest BCUT2D eigenvalue weighted by atomic mass is 32.2. The summed E-state index contributed by atoms with van der Waals surface area (Å²) in [5.74, 6) is 0.238. The number of carbonyl (C=O) groups excluding carboxylic acids is 3. The molecule has 5 rings (SSSR count). The standard InChI is InChI=1S/C35H43F2N5O7S/c1-32(2,3)48-30(44)38-24-20-50-26-15-12-22(18-25(26)42(28(24)43)19-21-10-13-23(14-11-21)47-34(7,36)37)27-40-41-29(46-27)35(16-8-9-17-35)39-31(45)49-33(4,5)6/h10-15,18,24H,8-9,16-17,19-20H2,1-7H3,(H,38,44)(H,39,45)/t24-/m0/s1. The molecule has 3 aromatic rings. The van der Waals surface area contributed by atoms with Crippen LogP contribution in [0.1, 0.15) is 85.6 Å². The lowest BCUT2D eigenvalue weighted by Gasteiger charge is -2.28. The van der Waals surface area contributed by atoms with E-state index >= 15 is 0 Å². The normalized spacial score (nSPS) is 17.8. The Hall–Kier alpha value is -4.40. The van der Waals surface area contributed by atoms with Crippen LogP contribution in [0.25, 0.3) is 11.5 Å². The van der Waals surface area contributed by atoms with Gasteiger partial charge in [-0.05, 0) is 90.3 Å². The van der Waals surface area contributed by atoms with Gasteiger partial charge in [0.15, 0.2) is 0 Å². The Labute approximate surface area is 294 Å². The lowest BCUT2D eigenvalue weighted by molar-refractivity contribution is -0.159. The van der Waals surface area contributed by atoms with Gasteiger partial charge < -0.3 is 34.2 Å². The van der Waals surface area contributed by atoms with Crippen LogP contribution in [0.2, 0.25) is 0 Å². The number of thioether (sulfide) groups is 1. The molecule has 0 unspecified atom stereocenters. The third-order valence-electron chi connectivity index (χ3n) is 7.75. The second kappa shape index (κ2) is 14.1. The molecule has 2 heterocycles. The van der Waals surface area contributed by atoms with E-state index in [9.17, 15) is 23.2 Å². The maximum absolute atomic E-state index is 14.2. The van der Waals surface area contributed by atoms with Crippen LogP contribution in [0.15, 0.2) is 51.8 Å². The van der Waals surface area contributed by atoms with Crippen molar-refractivity contribution in [2.75, 3.05) is 10.7 Å². The van der Waals surface area contributed by atoms with Crippen LogP contribution >= 0.6 is 11.8 Å². The minimum atomic E-state index is -3.35. The van der Waals surface area contributed by atoms with Crippen molar-refractivity contribution in [1.82, 2.24) is 20.8 Å². The quantitative estimate of drug-likeness (QED) is 0.240. The van der Waals surface area contributed by atoms with Gasteiger partial charge in [-0.3, -0.25) is 4.79 Å². The first-order valence-electron chi connectivity index (χ1n) is 16.4. The molecule has 2 aliphatic rings. The molecular weight excluding hydrogens is 672 g/mol. The largest absolute Gasteiger partial charge is 0.444 e. The number of anilines is 1. The number of amides is 3. The third kappa shape index (κ3) is 9.43. The van der Waals surface area contributed by atoms with E-state index in [-0.39, 0.29) is 29.8 Å². The molecule has 1 atom stereocenters. The summed E-state index contributed by atoms with van der Waals surface area (Å²) in [6, 6.07) is 10.4. The van der Waals surface area contributed by atoms with Gasteiger partial charge in [-0.2, -0.15) is 8.78 Å². The molecule has 0 bridgehead atoms. The number of alkyl halides is 2. The Balaban J connectivity index is 1.46. The fraction of sp³-hybridized carbons (Fsp3) is 0.514. The van der Waals surface area contributed by atoms with Gasteiger partial charge in [0, 0.05) is 23.1 Å². The van der Waals surface area contributed by atoms with Gasteiger partial charge in [0.1, 0.15) is 28.5 Å². The summed E-state index contributed by atoms with van der Waals surface area (Å²) in [6.45, 7) is 11.2. The van der Waals surface area contributed by atoms with Crippen molar-refractivity contribution in [1.29, 1.82) is 0 Å². The van der Waals surface area contributed by atoms with Gasteiger partial charge in [-0.25, -0.2) is 9.59 Å². The van der Waals surface area contributed by atoms with Crippen molar-refractivity contribution >= 4 is 35.5 Å². The monoisotopic (exact) mass is 715 g/mol. The summed E-state index contributed by atoms with van der Waals surface area (Å²) in [6.07, 6.45) is -1.75. The summed E-state index contributed by atoms with van der Waals surface area (Å²) in [5, 5.41) is 14.3. The summed E-state index contributed by atoms with van der Waals surface area (Å²) < 4.78 is 48.7. The topological polar surface area (TPSA) is 145 Å². The Morgan fingerprint density at radius 3 is 2.22 bits per heavy atom. The van der Waals surface area contributed by atoms with E-state index in [1.165, 1.54) is 28.8 Å². The molecule has 0 radical (unpaired) electrons. The second-order valence-electron chi connectivity index (χ2n) is 14.5. The Morgan fingerprint density at radius 1 is 0.960 bits per heavy atom. The van der Waals surface area contributed by atoms with Gasteiger partial charge in [0.05, 0.1) is 12.2 Å². The highest BCUT2D eigenvalue weighted by Crippen LogP contribution is 2.41. The van der Waals surface area contributed by atoms with Crippen molar-refractivity contribution in [2.45, 2.75) is 114 Å². The molecule has 270 valence electrons. The maximum Gasteiger partial charge on any atom is 0.408 e. The van der Waals surface area contributed by atoms with Crippen LogP contribution in [0.5, 0.6) is 5.75 Å². The molecule has 1 saturated carbocycles. The number of carbonyl (C=O) groups is 3. The number of aromatic nitrogens is 2. The number of nitrogens with zero attached hydrogens (tertiary/aromatic N) is 3. The van der Waals surface area contributed by atoms with Crippen molar-refractivity contribution in [2.24, 2.45) is 0 Å². The highest BCUT2D eigenvalue weighted by molar-refractivity contribution is 7.99. The molecule has 2 N–H and O–H groups in total.